The second-order valence-corrected chi connectivity index (χ2v) is 6.23. The molecular formula is C16H28N2. The molecular weight excluding hydrogens is 220 g/mol. The van der Waals surface area contributed by atoms with Gasteiger partial charge in [0, 0.05) is 6.04 Å². The lowest BCUT2D eigenvalue weighted by Gasteiger charge is -2.21. The van der Waals surface area contributed by atoms with Crippen molar-refractivity contribution in [2.45, 2.75) is 76.7 Å². The highest BCUT2D eigenvalue weighted by Crippen LogP contribution is 2.28. The molecule has 0 aromatic heterocycles. The van der Waals surface area contributed by atoms with Crippen LogP contribution in [0.1, 0.15) is 70.6 Å². The maximum Gasteiger partial charge on any atom is 0.0672 e. The molecule has 2 saturated carbocycles. The largest absolute Gasteiger partial charge is 0.313 e. The van der Waals surface area contributed by atoms with Crippen molar-refractivity contribution in [2.75, 3.05) is 6.54 Å². The summed E-state index contributed by atoms with van der Waals surface area (Å²) < 4.78 is 0. The van der Waals surface area contributed by atoms with Gasteiger partial charge in [-0.3, -0.25) is 0 Å². The maximum atomic E-state index is 9.23. The van der Waals surface area contributed by atoms with Crippen LogP contribution in [0.4, 0.5) is 0 Å². The van der Waals surface area contributed by atoms with Crippen LogP contribution in [-0.2, 0) is 0 Å². The molecule has 2 fully saturated rings. The van der Waals surface area contributed by atoms with Gasteiger partial charge >= 0.3 is 0 Å². The minimum absolute atomic E-state index is 0.263. The lowest BCUT2D eigenvalue weighted by molar-refractivity contribution is 0.379. The van der Waals surface area contributed by atoms with Crippen LogP contribution in [0.15, 0.2) is 0 Å². The zero-order valence-corrected chi connectivity index (χ0v) is 11.7. The Morgan fingerprint density at radius 3 is 2.44 bits per heavy atom. The SMILES string of the molecule is N#CC1CCCCCC1NCCCC1CCCC1. The van der Waals surface area contributed by atoms with Crippen LogP contribution in [0.25, 0.3) is 0 Å². The van der Waals surface area contributed by atoms with Crippen molar-refractivity contribution in [2.24, 2.45) is 11.8 Å². The monoisotopic (exact) mass is 248 g/mol. The fourth-order valence-electron chi connectivity index (χ4n) is 3.68. The number of nitrogens with zero attached hydrogens (tertiary/aromatic N) is 1. The molecule has 1 N–H and O–H groups in total. The number of hydrogen-bond donors (Lipinski definition) is 1. The van der Waals surface area contributed by atoms with Gasteiger partial charge in [-0.25, -0.2) is 0 Å². The molecule has 2 atom stereocenters. The zero-order valence-electron chi connectivity index (χ0n) is 11.7. The molecule has 0 bridgehead atoms. The predicted octanol–water partition coefficient (Wildman–Crippen LogP) is 4.02. The Balaban J connectivity index is 1.62. The van der Waals surface area contributed by atoms with Gasteiger partial charge in [-0.2, -0.15) is 5.26 Å². The Labute approximate surface area is 112 Å². The third-order valence-electron chi connectivity index (χ3n) is 4.85. The lowest BCUT2D eigenvalue weighted by atomic mass is 9.96. The van der Waals surface area contributed by atoms with E-state index in [4.69, 9.17) is 0 Å². The van der Waals surface area contributed by atoms with E-state index in [1.165, 1.54) is 64.2 Å². The molecule has 0 spiro atoms. The fourth-order valence-corrected chi connectivity index (χ4v) is 3.68. The molecule has 2 rings (SSSR count). The number of rotatable bonds is 5. The highest BCUT2D eigenvalue weighted by Gasteiger charge is 2.22. The van der Waals surface area contributed by atoms with Crippen LogP contribution in [0.5, 0.6) is 0 Å². The Bertz CT molecular complexity index is 263. The van der Waals surface area contributed by atoms with Crippen molar-refractivity contribution in [1.82, 2.24) is 5.32 Å². The Morgan fingerprint density at radius 1 is 0.944 bits per heavy atom. The second kappa shape index (κ2) is 7.79. The van der Waals surface area contributed by atoms with Gasteiger partial charge in [0.1, 0.15) is 0 Å². The smallest absolute Gasteiger partial charge is 0.0672 e. The summed E-state index contributed by atoms with van der Waals surface area (Å²) in [6, 6.07) is 2.99. The van der Waals surface area contributed by atoms with E-state index in [-0.39, 0.29) is 5.92 Å². The number of nitrogens with one attached hydrogen (secondary N) is 1. The molecule has 0 amide bonds. The summed E-state index contributed by atoms with van der Waals surface area (Å²) in [5.41, 5.74) is 0. The van der Waals surface area contributed by atoms with Gasteiger partial charge in [-0.05, 0) is 38.1 Å². The molecule has 0 aliphatic heterocycles. The molecule has 0 heterocycles. The lowest BCUT2D eigenvalue weighted by Crippen LogP contribution is -2.35. The minimum Gasteiger partial charge on any atom is -0.313 e. The van der Waals surface area contributed by atoms with Gasteiger partial charge in [0.2, 0.25) is 0 Å². The van der Waals surface area contributed by atoms with E-state index in [1.54, 1.807) is 0 Å². The molecule has 0 aromatic carbocycles. The predicted molar refractivity (Wildman–Crippen MR) is 75.2 cm³/mol. The van der Waals surface area contributed by atoms with Crippen LogP contribution in [0.3, 0.4) is 0 Å². The topological polar surface area (TPSA) is 35.8 Å². The van der Waals surface area contributed by atoms with Crippen LogP contribution < -0.4 is 5.32 Å². The van der Waals surface area contributed by atoms with E-state index in [2.05, 4.69) is 11.4 Å². The molecule has 2 aliphatic carbocycles. The molecule has 0 aromatic rings. The molecule has 2 nitrogen and oxygen atoms in total. The molecule has 2 aliphatic rings. The number of hydrogen-bond acceptors (Lipinski definition) is 2. The maximum absolute atomic E-state index is 9.23. The van der Waals surface area contributed by atoms with E-state index < -0.39 is 0 Å². The third-order valence-corrected chi connectivity index (χ3v) is 4.85. The van der Waals surface area contributed by atoms with Crippen molar-refractivity contribution in [3.63, 3.8) is 0 Å². The van der Waals surface area contributed by atoms with Crippen molar-refractivity contribution in [3.05, 3.63) is 0 Å². The van der Waals surface area contributed by atoms with Gasteiger partial charge in [0.15, 0.2) is 0 Å². The summed E-state index contributed by atoms with van der Waals surface area (Å²) in [5.74, 6) is 1.27. The molecule has 2 unspecified atom stereocenters. The van der Waals surface area contributed by atoms with Gasteiger partial charge in [0.05, 0.1) is 12.0 Å². The highest BCUT2D eigenvalue weighted by molar-refractivity contribution is 4.93. The summed E-state index contributed by atoms with van der Waals surface area (Å²) in [5, 5.41) is 12.9. The molecule has 0 radical (unpaired) electrons. The van der Waals surface area contributed by atoms with E-state index >= 15 is 0 Å². The van der Waals surface area contributed by atoms with Gasteiger partial charge in [-0.15, -0.1) is 0 Å². The number of nitriles is 1. The summed E-state index contributed by atoms with van der Waals surface area (Å²) >= 11 is 0. The summed E-state index contributed by atoms with van der Waals surface area (Å²) in [6.45, 7) is 1.12. The highest BCUT2D eigenvalue weighted by atomic mass is 14.9. The Kier molecular flexibility index (Phi) is 6.00. The van der Waals surface area contributed by atoms with Gasteiger partial charge < -0.3 is 5.32 Å². The Hall–Kier alpha value is -0.550. The summed E-state index contributed by atoms with van der Waals surface area (Å²) in [6.07, 6.45) is 14.7. The first-order chi connectivity index (χ1) is 8.90. The van der Waals surface area contributed by atoms with Crippen LogP contribution in [0, 0.1) is 23.2 Å². The van der Waals surface area contributed by atoms with Crippen LogP contribution in [-0.4, -0.2) is 12.6 Å². The zero-order chi connectivity index (χ0) is 12.6. The van der Waals surface area contributed by atoms with Gasteiger partial charge in [-0.1, -0.05) is 44.9 Å². The van der Waals surface area contributed by atoms with E-state index in [0.29, 0.717) is 6.04 Å². The van der Waals surface area contributed by atoms with E-state index in [0.717, 1.165) is 18.9 Å². The average molecular weight is 248 g/mol. The fraction of sp³-hybridized carbons (Fsp3) is 0.938. The quantitative estimate of drug-likeness (QED) is 0.589. The normalized spacial score (nSPS) is 29.9. The third kappa shape index (κ3) is 4.28. The van der Waals surface area contributed by atoms with E-state index in [9.17, 15) is 5.26 Å². The molecule has 102 valence electrons. The van der Waals surface area contributed by atoms with Crippen LogP contribution in [0.2, 0.25) is 0 Å². The summed E-state index contributed by atoms with van der Waals surface area (Å²) in [7, 11) is 0. The summed E-state index contributed by atoms with van der Waals surface area (Å²) in [4.78, 5) is 0. The van der Waals surface area contributed by atoms with Gasteiger partial charge in [0.25, 0.3) is 0 Å². The van der Waals surface area contributed by atoms with Crippen molar-refractivity contribution >= 4 is 0 Å². The first-order valence-corrected chi connectivity index (χ1v) is 8.03. The van der Waals surface area contributed by atoms with Crippen LogP contribution >= 0.6 is 0 Å². The van der Waals surface area contributed by atoms with Crippen molar-refractivity contribution in [1.29, 1.82) is 5.26 Å². The Morgan fingerprint density at radius 2 is 1.67 bits per heavy atom. The van der Waals surface area contributed by atoms with Crippen molar-refractivity contribution < 1.29 is 0 Å². The average Bonchev–Trinajstić information content (AvgIpc) is 2.80. The minimum atomic E-state index is 0.263. The first-order valence-electron chi connectivity index (χ1n) is 8.03. The molecule has 0 saturated heterocycles. The van der Waals surface area contributed by atoms with Crippen molar-refractivity contribution in [3.8, 4) is 6.07 Å². The first kappa shape index (κ1) is 13.9. The second-order valence-electron chi connectivity index (χ2n) is 6.23. The van der Waals surface area contributed by atoms with E-state index in [1.807, 2.05) is 0 Å². The standard InChI is InChI=1S/C16H28N2/c17-13-15-10-2-1-3-11-16(15)18-12-6-9-14-7-4-5-8-14/h14-16,18H,1-12H2. The molecule has 18 heavy (non-hydrogen) atoms. The molecule has 2 heteroatoms.